The fraction of sp³-hybridized carbons (Fsp3) is 0.682. The number of nitrogens with one attached hydrogen (secondary N) is 2. The highest BCUT2D eigenvalue weighted by molar-refractivity contribution is 5.74. The highest BCUT2D eigenvalue weighted by Crippen LogP contribution is 2.29. The molecule has 154 valence electrons. The van der Waals surface area contributed by atoms with Crippen molar-refractivity contribution >= 4 is 11.7 Å². The summed E-state index contributed by atoms with van der Waals surface area (Å²) >= 11 is 0. The Morgan fingerprint density at radius 2 is 1.68 bits per heavy atom. The van der Waals surface area contributed by atoms with E-state index in [4.69, 9.17) is 0 Å². The Morgan fingerprint density at radius 3 is 2.32 bits per heavy atom. The van der Waals surface area contributed by atoms with Crippen molar-refractivity contribution in [1.29, 1.82) is 0 Å². The molecule has 6 heteroatoms. The topological polar surface area (TPSA) is 50.9 Å². The number of hydrogen-bond acceptors (Lipinski definition) is 4. The molecule has 1 aromatic carbocycles. The van der Waals surface area contributed by atoms with Crippen molar-refractivity contribution in [3.05, 3.63) is 30.3 Å². The summed E-state index contributed by atoms with van der Waals surface area (Å²) in [6.07, 6.45) is 4.91. The van der Waals surface area contributed by atoms with Gasteiger partial charge >= 0.3 is 6.03 Å². The number of likely N-dealkylation sites (tertiary alicyclic amines) is 1. The molecule has 2 saturated heterocycles. The Kier molecular flexibility index (Phi) is 6.37. The summed E-state index contributed by atoms with van der Waals surface area (Å²) in [7, 11) is 0. The monoisotopic (exact) mass is 385 g/mol. The first kappa shape index (κ1) is 19.5. The molecule has 0 aromatic heterocycles. The van der Waals surface area contributed by atoms with E-state index in [0.717, 1.165) is 58.2 Å². The van der Waals surface area contributed by atoms with E-state index in [0.29, 0.717) is 18.6 Å². The Morgan fingerprint density at radius 1 is 1.00 bits per heavy atom. The zero-order valence-electron chi connectivity index (χ0n) is 17.1. The number of rotatable bonds is 6. The normalized spacial score (nSPS) is 23.4. The third-order valence-corrected chi connectivity index (χ3v) is 6.55. The van der Waals surface area contributed by atoms with Crippen LogP contribution in [0.15, 0.2) is 30.3 Å². The standard InChI is InChI=1S/C22H35N5O/c1-18(25-13-15-27(16-14-25)20-5-3-2-4-6-20)17-23-22(28)24-19-9-11-26(12-10-19)21-7-8-21/h2-6,18-19,21H,7-17H2,1H3,(H2,23,24,28). The number of para-hydroxylation sites is 1. The minimum absolute atomic E-state index is 0.000330. The Hall–Kier alpha value is -1.79. The van der Waals surface area contributed by atoms with Crippen LogP contribution in [0, 0.1) is 0 Å². The van der Waals surface area contributed by atoms with Gasteiger partial charge in [-0.25, -0.2) is 4.79 Å². The van der Waals surface area contributed by atoms with Gasteiger partial charge in [-0.05, 0) is 44.7 Å². The average Bonchev–Trinajstić information content (AvgIpc) is 3.59. The average molecular weight is 386 g/mol. The summed E-state index contributed by atoms with van der Waals surface area (Å²) in [5.74, 6) is 0. The van der Waals surface area contributed by atoms with Gasteiger partial charge in [-0.2, -0.15) is 0 Å². The molecule has 1 atom stereocenters. The van der Waals surface area contributed by atoms with Gasteiger partial charge in [0.2, 0.25) is 0 Å². The quantitative estimate of drug-likeness (QED) is 0.788. The minimum Gasteiger partial charge on any atom is -0.369 e. The van der Waals surface area contributed by atoms with Crippen molar-refractivity contribution in [2.45, 2.75) is 50.7 Å². The van der Waals surface area contributed by atoms with E-state index in [2.05, 4.69) is 62.6 Å². The molecule has 1 aliphatic carbocycles. The molecule has 28 heavy (non-hydrogen) atoms. The van der Waals surface area contributed by atoms with Gasteiger partial charge in [0.25, 0.3) is 0 Å². The van der Waals surface area contributed by atoms with Gasteiger partial charge in [0.05, 0.1) is 0 Å². The van der Waals surface area contributed by atoms with E-state index < -0.39 is 0 Å². The maximum absolute atomic E-state index is 12.3. The second kappa shape index (κ2) is 9.14. The summed E-state index contributed by atoms with van der Waals surface area (Å²) < 4.78 is 0. The molecule has 2 heterocycles. The van der Waals surface area contributed by atoms with E-state index >= 15 is 0 Å². The second-order valence-corrected chi connectivity index (χ2v) is 8.60. The predicted octanol–water partition coefficient (Wildman–Crippen LogP) is 2.12. The van der Waals surface area contributed by atoms with Crippen LogP contribution in [0.4, 0.5) is 10.5 Å². The van der Waals surface area contributed by atoms with Crippen LogP contribution in [-0.4, -0.2) is 79.8 Å². The van der Waals surface area contributed by atoms with Crippen LogP contribution in [0.25, 0.3) is 0 Å². The third kappa shape index (κ3) is 5.17. The molecule has 0 spiro atoms. The van der Waals surface area contributed by atoms with Crippen LogP contribution in [-0.2, 0) is 0 Å². The summed E-state index contributed by atoms with van der Waals surface area (Å²) in [6.45, 7) is 9.36. The van der Waals surface area contributed by atoms with Crippen LogP contribution in [0.1, 0.15) is 32.6 Å². The molecule has 1 aromatic rings. The van der Waals surface area contributed by atoms with Gasteiger partial charge in [0.15, 0.2) is 0 Å². The van der Waals surface area contributed by atoms with E-state index in [1.807, 2.05) is 0 Å². The van der Waals surface area contributed by atoms with Crippen molar-refractivity contribution in [1.82, 2.24) is 20.4 Å². The van der Waals surface area contributed by atoms with Gasteiger partial charge in [0.1, 0.15) is 0 Å². The first-order chi connectivity index (χ1) is 13.7. The lowest BCUT2D eigenvalue weighted by Crippen LogP contribution is -2.54. The first-order valence-electron chi connectivity index (χ1n) is 11.0. The number of piperazine rings is 1. The molecule has 2 aliphatic heterocycles. The zero-order valence-corrected chi connectivity index (χ0v) is 17.1. The number of urea groups is 1. The van der Waals surface area contributed by atoms with Crippen molar-refractivity contribution in [2.24, 2.45) is 0 Å². The van der Waals surface area contributed by atoms with Crippen LogP contribution in [0.3, 0.4) is 0 Å². The predicted molar refractivity (Wildman–Crippen MR) is 114 cm³/mol. The van der Waals surface area contributed by atoms with E-state index in [1.165, 1.54) is 18.5 Å². The summed E-state index contributed by atoms with van der Waals surface area (Å²) in [5.41, 5.74) is 1.31. The number of hydrogen-bond donors (Lipinski definition) is 2. The van der Waals surface area contributed by atoms with Gasteiger partial charge in [-0.3, -0.25) is 4.90 Å². The summed E-state index contributed by atoms with van der Waals surface area (Å²) in [5, 5.41) is 6.28. The van der Waals surface area contributed by atoms with Crippen LogP contribution in [0.5, 0.6) is 0 Å². The molecule has 0 bridgehead atoms. The number of piperidine rings is 1. The van der Waals surface area contributed by atoms with E-state index in [-0.39, 0.29) is 6.03 Å². The molecule has 2 N–H and O–H groups in total. The van der Waals surface area contributed by atoms with Crippen molar-refractivity contribution < 1.29 is 4.79 Å². The highest BCUT2D eigenvalue weighted by atomic mass is 16.2. The number of nitrogens with zero attached hydrogens (tertiary/aromatic N) is 3. The molecule has 0 radical (unpaired) electrons. The van der Waals surface area contributed by atoms with Gasteiger partial charge in [-0.15, -0.1) is 0 Å². The number of anilines is 1. The lowest BCUT2D eigenvalue weighted by Gasteiger charge is -2.39. The Bertz CT molecular complexity index is 619. The molecule has 6 nitrogen and oxygen atoms in total. The number of carbonyl (C=O) groups is 1. The third-order valence-electron chi connectivity index (χ3n) is 6.55. The largest absolute Gasteiger partial charge is 0.369 e. The van der Waals surface area contributed by atoms with Crippen molar-refractivity contribution in [3.8, 4) is 0 Å². The lowest BCUT2D eigenvalue weighted by atomic mass is 10.1. The Labute approximate surface area is 169 Å². The molecule has 2 amide bonds. The summed E-state index contributed by atoms with van der Waals surface area (Å²) in [6, 6.07) is 12.2. The minimum atomic E-state index is -0.000330. The van der Waals surface area contributed by atoms with Gasteiger partial charge in [-0.1, -0.05) is 18.2 Å². The van der Waals surface area contributed by atoms with E-state index in [1.54, 1.807) is 0 Å². The zero-order chi connectivity index (χ0) is 19.3. The van der Waals surface area contributed by atoms with Crippen molar-refractivity contribution in [3.63, 3.8) is 0 Å². The maximum atomic E-state index is 12.3. The SMILES string of the molecule is CC(CNC(=O)NC1CCN(C2CC2)CC1)N1CCN(c2ccccc2)CC1. The summed E-state index contributed by atoms with van der Waals surface area (Å²) in [4.78, 5) is 19.8. The number of carbonyl (C=O) groups excluding carboxylic acids is 1. The molecule has 1 saturated carbocycles. The second-order valence-electron chi connectivity index (χ2n) is 8.60. The lowest BCUT2D eigenvalue weighted by molar-refractivity contribution is 0.178. The Balaban J connectivity index is 1.13. The fourth-order valence-corrected chi connectivity index (χ4v) is 4.51. The number of benzene rings is 1. The molecule has 3 aliphatic rings. The molecule has 4 rings (SSSR count). The number of amides is 2. The van der Waals surface area contributed by atoms with Crippen molar-refractivity contribution in [2.75, 3.05) is 50.7 Å². The molecular weight excluding hydrogens is 350 g/mol. The van der Waals surface area contributed by atoms with Crippen LogP contribution >= 0.6 is 0 Å². The fourth-order valence-electron chi connectivity index (χ4n) is 4.51. The smallest absolute Gasteiger partial charge is 0.315 e. The maximum Gasteiger partial charge on any atom is 0.315 e. The highest BCUT2D eigenvalue weighted by Gasteiger charge is 2.32. The molecule has 3 fully saturated rings. The van der Waals surface area contributed by atoms with Crippen LogP contribution < -0.4 is 15.5 Å². The van der Waals surface area contributed by atoms with E-state index in [9.17, 15) is 4.79 Å². The van der Waals surface area contributed by atoms with Gasteiger partial charge in [0, 0.05) is 69.6 Å². The molecular formula is C22H35N5O. The van der Waals surface area contributed by atoms with Crippen LogP contribution in [0.2, 0.25) is 0 Å². The first-order valence-corrected chi connectivity index (χ1v) is 11.0. The van der Waals surface area contributed by atoms with Gasteiger partial charge < -0.3 is 20.4 Å². The molecule has 1 unspecified atom stereocenters.